The molecule has 1 aliphatic rings. The van der Waals surface area contributed by atoms with E-state index < -0.39 is 30.3 Å². The van der Waals surface area contributed by atoms with Crippen LogP contribution >= 0.6 is 11.3 Å². The largest absolute Gasteiger partial charge is 0.388 e. The lowest BCUT2D eigenvalue weighted by atomic mass is 9.97. The molecule has 11 nitrogen and oxygen atoms in total. The van der Waals surface area contributed by atoms with Gasteiger partial charge in [-0.15, -0.1) is 11.3 Å². The van der Waals surface area contributed by atoms with E-state index in [1.807, 2.05) is 13.8 Å². The first-order valence-electron chi connectivity index (χ1n) is 8.99. The van der Waals surface area contributed by atoms with Gasteiger partial charge in [-0.2, -0.15) is 0 Å². The lowest BCUT2D eigenvalue weighted by Gasteiger charge is -2.38. The summed E-state index contributed by atoms with van der Waals surface area (Å²) >= 11 is 1.42. The van der Waals surface area contributed by atoms with Gasteiger partial charge in [0.25, 0.3) is 5.91 Å². The first kappa shape index (κ1) is 19.6. The SMILES string of the molecule is Cc1nc(C(=O)N[C@@H]2CO[C@H](Cn3cnc4ncnc(N)c43)[C@@H](O)[C@H]2O)c(C)s1. The van der Waals surface area contributed by atoms with Crippen molar-refractivity contribution in [2.24, 2.45) is 0 Å². The van der Waals surface area contributed by atoms with E-state index in [9.17, 15) is 15.0 Å². The smallest absolute Gasteiger partial charge is 0.271 e. The van der Waals surface area contributed by atoms with E-state index in [4.69, 9.17) is 10.5 Å². The molecule has 0 saturated carbocycles. The quantitative estimate of drug-likeness (QED) is 0.433. The second kappa shape index (κ2) is 7.63. The summed E-state index contributed by atoms with van der Waals surface area (Å²) in [7, 11) is 0. The Kier molecular flexibility index (Phi) is 5.17. The van der Waals surface area contributed by atoms with Gasteiger partial charge in [-0.1, -0.05) is 0 Å². The molecule has 0 aliphatic carbocycles. The number of fused-ring (bicyclic) bond motifs is 1. The number of thiazole rings is 1. The number of anilines is 1. The number of carbonyl (C=O) groups excluding carboxylic acids is 1. The molecular weight excluding hydrogens is 398 g/mol. The van der Waals surface area contributed by atoms with E-state index in [0.717, 1.165) is 9.88 Å². The molecule has 154 valence electrons. The lowest BCUT2D eigenvalue weighted by Crippen LogP contribution is -2.60. The number of rotatable bonds is 4. The zero-order valence-electron chi connectivity index (χ0n) is 15.8. The maximum absolute atomic E-state index is 12.5. The van der Waals surface area contributed by atoms with Crippen LogP contribution in [0.3, 0.4) is 0 Å². The third-order valence-corrected chi connectivity index (χ3v) is 5.77. The van der Waals surface area contributed by atoms with Crippen molar-refractivity contribution in [2.75, 3.05) is 12.3 Å². The molecule has 3 aromatic heterocycles. The van der Waals surface area contributed by atoms with Crippen molar-refractivity contribution in [1.29, 1.82) is 0 Å². The van der Waals surface area contributed by atoms with Crippen LogP contribution in [0, 0.1) is 13.8 Å². The van der Waals surface area contributed by atoms with Gasteiger partial charge in [0, 0.05) is 4.88 Å². The number of hydrogen-bond acceptors (Lipinski definition) is 10. The molecule has 0 spiro atoms. The highest BCUT2D eigenvalue weighted by Crippen LogP contribution is 2.22. The zero-order valence-corrected chi connectivity index (χ0v) is 16.6. The van der Waals surface area contributed by atoms with Crippen LogP contribution in [0.25, 0.3) is 11.2 Å². The first-order chi connectivity index (χ1) is 13.8. The summed E-state index contributed by atoms with van der Waals surface area (Å²) in [5.74, 6) is -0.145. The van der Waals surface area contributed by atoms with Crippen molar-refractivity contribution in [3.8, 4) is 0 Å². The molecule has 3 aromatic rings. The third kappa shape index (κ3) is 3.67. The molecule has 0 bridgehead atoms. The molecule has 0 unspecified atom stereocenters. The fourth-order valence-corrected chi connectivity index (χ4v) is 4.23. The van der Waals surface area contributed by atoms with Crippen molar-refractivity contribution in [3.63, 3.8) is 0 Å². The van der Waals surface area contributed by atoms with Crippen LogP contribution in [0.2, 0.25) is 0 Å². The van der Waals surface area contributed by atoms with Gasteiger partial charge in [0.05, 0.1) is 30.5 Å². The van der Waals surface area contributed by atoms with E-state index in [1.165, 1.54) is 24.0 Å². The normalized spacial score (nSPS) is 24.7. The Morgan fingerprint density at radius 2 is 2.14 bits per heavy atom. The van der Waals surface area contributed by atoms with E-state index in [2.05, 4.69) is 25.3 Å². The molecule has 29 heavy (non-hydrogen) atoms. The van der Waals surface area contributed by atoms with Crippen LogP contribution < -0.4 is 11.1 Å². The Morgan fingerprint density at radius 3 is 2.86 bits per heavy atom. The lowest BCUT2D eigenvalue weighted by molar-refractivity contribution is -0.152. The molecule has 4 rings (SSSR count). The number of nitrogen functional groups attached to an aromatic ring is 1. The number of carbonyl (C=O) groups is 1. The monoisotopic (exact) mass is 419 g/mol. The number of aryl methyl sites for hydroxylation is 2. The standard InChI is InChI=1S/C17H21N7O4S/c1-7-11(22-8(2)29-7)17(27)23-9-4-28-10(14(26)13(9)25)3-24-6-21-16-12(24)15(18)19-5-20-16/h5-6,9-10,13-14,25-26H,3-4H2,1-2H3,(H,23,27)(H2,18,19,20)/t9-,10-,13+,14-/m1/s1. The van der Waals surface area contributed by atoms with Crippen LogP contribution in [0.1, 0.15) is 20.4 Å². The highest BCUT2D eigenvalue weighted by Gasteiger charge is 2.39. The van der Waals surface area contributed by atoms with Gasteiger partial charge in [0.2, 0.25) is 0 Å². The number of nitrogens with zero attached hydrogens (tertiary/aromatic N) is 5. The van der Waals surface area contributed by atoms with Crippen molar-refractivity contribution in [1.82, 2.24) is 29.8 Å². The molecule has 1 amide bonds. The minimum atomic E-state index is -1.23. The first-order valence-corrected chi connectivity index (χ1v) is 9.80. The Bertz CT molecular complexity index is 1050. The summed E-state index contributed by atoms with van der Waals surface area (Å²) in [6.07, 6.45) is -0.307. The maximum Gasteiger partial charge on any atom is 0.271 e. The highest BCUT2D eigenvalue weighted by atomic mass is 32.1. The molecule has 1 fully saturated rings. The summed E-state index contributed by atoms with van der Waals surface area (Å²) in [4.78, 5) is 29.6. The summed E-state index contributed by atoms with van der Waals surface area (Å²) < 4.78 is 7.41. The predicted octanol–water partition coefficient (Wildman–Crippen LogP) is -0.599. The average Bonchev–Trinajstić information content (AvgIpc) is 3.24. The summed E-state index contributed by atoms with van der Waals surface area (Å²) in [5.41, 5.74) is 7.18. The Hall–Kier alpha value is -2.67. The third-order valence-electron chi connectivity index (χ3n) is 4.88. The number of ether oxygens (including phenoxy) is 1. The number of aromatic nitrogens is 5. The van der Waals surface area contributed by atoms with Crippen molar-refractivity contribution in [2.45, 2.75) is 44.7 Å². The van der Waals surface area contributed by atoms with E-state index in [0.29, 0.717) is 16.9 Å². The number of imidazole rings is 1. The van der Waals surface area contributed by atoms with Gasteiger partial charge < -0.3 is 30.6 Å². The molecule has 0 radical (unpaired) electrons. The summed E-state index contributed by atoms with van der Waals surface area (Å²) in [5, 5.41) is 24.6. The van der Waals surface area contributed by atoms with Crippen molar-refractivity contribution in [3.05, 3.63) is 28.2 Å². The number of nitrogens with one attached hydrogen (secondary N) is 1. The molecule has 4 heterocycles. The second-order valence-corrected chi connectivity index (χ2v) is 8.31. The molecular formula is C17H21N7O4S. The van der Waals surface area contributed by atoms with Crippen molar-refractivity contribution < 1.29 is 19.7 Å². The van der Waals surface area contributed by atoms with Gasteiger partial charge in [0.1, 0.15) is 35.8 Å². The Labute approximate surface area is 169 Å². The molecule has 4 atom stereocenters. The molecule has 1 aliphatic heterocycles. The minimum Gasteiger partial charge on any atom is -0.388 e. The van der Waals surface area contributed by atoms with E-state index in [-0.39, 0.29) is 19.0 Å². The fourth-order valence-electron chi connectivity index (χ4n) is 3.41. The number of aliphatic hydroxyl groups excluding tert-OH is 2. The summed E-state index contributed by atoms with van der Waals surface area (Å²) in [6.45, 7) is 3.86. The number of aliphatic hydroxyl groups is 2. The Morgan fingerprint density at radius 1 is 1.34 bits per heavy atom. The van der Waals surface area contributed by atoms with E-state index in [1.54, 1.807) is 4.57 Å². The molecule has 0 aromatic carbocycles. The molecule has 5 N–H and O–H groups in total. The maximum atomic E-state index is 12.5. The van der Waals surface area contributed by atoms with Crippen LogP contribution in [0.15, 0.2) is 12.7 Å². The number of hydrogen-bond donors (Lipinski definition) is 4. The Balaban J connectivity index is 1.45. The van der Waals surface area contributed by atoms with Gasteiger partial charge >= 0.3 is 0 Å². The van der Waals surface area contributed by atoms with Gasteiger partial charge in [-0.25, -0.2) is 19.9 Å². The minimum absolute atomic E-state index is 0.0371. The van der Waals surface area contributed by atoms with Crippen LogP contribution in [0.4, 0.5) is 5.82 Å². The predicted molar refractivity (Wildman–Crippen MR) is 104 cm³/mol. The van der Waals surface area contributed by atoms with Crippen molar-refractivity contribution >= 4 is 34.2 Å². The van der Waals surface area contributed by atoms with E-state index >= 15 is 0 Å². The molecule has 12 heteroatoms. The number of nitrogens with two attached hydrogens (primary N) is 1. The van der Waals surface area contributed by atoms with Gasteiger partial charge in [-0.05, 0) is 13.8 Å². The number of amides is 1. The van der Waals surface area contributed by atoms with Crippen LogP contribution in [-0.4, -0.2) is 71.6 Å². The zero-order chi connectivity index (χ0) is 20.7. The summed E-state index contributed by atoms with van der Waals surface area (Å²) in [6, 6.07) is -0.761. The van der Waals surface area contributed by atoms with Crippen LogP contribution in [-0.2, 0) is 11.3 Å². The van der Waals surface area contributed by atoms with Crippen LogP contribution in [0.5, 0.6) is 0 Å². The second-order valence-electron chi connectivity index (χ2n) is 6.90. The van der Waals surface area contributed by atoms with Gasteiger partial charge in [0.15, 0.2) is 11.5 Å². The highest BCUT2D eigenvalue weighted by molar-refractivity contribution is 7.11. The topological polar surface area (TPSA) is 161 Å². The fraction of sp³-hybridized carbons (Fsp3) is 0.471. The van der Waals surface area contributed by atoms with Gasteiger partial charge in [-0.3, -0.25) is 4.79 Å². The molecule has 1 saturated heterocycles. The average molecular weight is 419 g/mol.